The van der Waals surface area contributed by atoms with Gasteiger partial charge in [0.15, 0.2) is 6.10 Å². The summed E-state index contributed by atoms with van der Waals surface area (Å²) in [5.74, 6) is -0.923. The van der Waals surface area contributed by atoms with Crippen LogP contribution < -0.4 is 0 Å². The van der Waals surface area contributed by atoms with Crippen LogP contribution in [0.3, 0.4) is 0 Å². The Bertz CT molecular complexity index is 1800. The zero-order valence-corrected chi connectivity index (χ0v) is 53.9. The predicted molar refractivity (Wildman–Crippen MR) is 362 cm³/mol. The fourth-order valence-corrected chi connectivity index (χ4v) is 9.30. The summed E-state index contributed by atoms with van der Waals surface area (Å²) in [6.45, 7) is 6.29. The molecule has 0 heterocycles. The first-order valence-corrected chi connectivity index (χ1v) is 34.3. The van der Waals surface area contributed by atoms with Crippen LogP contribution in [-0.4, -0.2) is 37.2 Å². The molecule has 0 bridgehead atoms. The summed E-state index contributed by atoms with van der Waals surface area (Å²) in [4.78, 5) is 38.4. The molecule has 6 heteroatoms. The maximum atomic E-state index is 12.9. The third-order valence-corrected chi connectivity index (χ3v) is 14.3. The van der Waals surface area contributed by atoms with E-state index in [1.807, 2.05) is 0 Å². The van der Waals surface area contributed by atoms with Gasteiger partial charge in [0, 0.05) is 19.3 Å². The predicted octanol–water partition coefficient (Wildman–Crippen LogP) is 23.9. The summed E-state index contributed by atoms with van der Waals surface area (Å²) in [5.41, 5.74) is 0. The van der Waals surface area contributed by atoms with Crippen molar-refractivity contribution in [2.24, 2.45) is 0 Å². The summed E-state index contributed by atoms with van der Waals surface area (Å²) < 4.78 is 16.9. The van der Waals surface area contributed by atoms with Crippen molar-refractivity contribution in [3.05, 3.63) is 146 Å². The molecule has 0 saturated heterocycles. The van der Waals surface area contributed by atoms with Crippen molar-refractivity contribution >= 4 is 17.9 Å². The van der Waals surface area contributed by atoms with Gasteiger partial charge >= 0.3 is 17.9 Å². The van der Waals surface area contributed by atoms with Crippen molar-refractivity contribution in [2.75, 3.05) is 13.2 Å². The number of unbranched alkanes of at least 4 members (excludes halogenated alkanes) is 26. The van der Waals surface area contributed by atoms with Crippen molar-refractivity contribution in [3.63, 3.8) is 0 Å². The number of esters is 3. The standard InChI is InChI=1S/C77H126O6/c1-4-7-10-13-16-19-22-25-28-31-32-33-34-35-36-37-38-39-40-41-42-43-44-47-49-52-55-58-61-64-67-70-76(79)82-73-74(83-77(80)71-68-65-62-59-56-53-50-46-30-27-24-21-18-15-12-9-6-3)72-81-75(78)69-66-63-60-57-54-51-48-45-29-26-23-20-17-14-11-8-5-2/h7-12,16-21,25-30,32-33,35-36,50,53,74H,4-6,13-15,22-24,31,34,37-49,51-52,54-73H2,1-3H3/b10-7-,11-8-,12-9-,19-16-,20-17-,21-18-,28-25-,29-26-,30-27-,33-32-,36-35-,53-50-. The van der Waals surface area contributed by atoms with Gasteiger partial charge in [-0.05, 0) is 135 Å². The lowest BCUT2D eigenvalue weighted by Crippen LogP contribution is -2.30. The Labute approximate surface area is 512 Å². The van der Waals surface area contributed by atoms with Crippen LogP contribution in [0.1, 0.15) is 303 Å². The summed E-state index contributed by atoms with van der Waals surface area (Å²) in [6.07, 6.45) is 100. The molecular formula is C77H126O6. The Balaban J connectivity index is 4.31. The highest BCUT2D eigenvalue weighted by molar-refractivity contribution is 5.71. The second kappa shape index (κ2) is 69.8. The van der Waals surface area contributed by atoms with E-state index < -0.39 is 6.10 Å². The molecule has 0 N–H and O–H groups in total. The highest BCUT2D eigenvalue weighted by Gasteiger charge is 2.19. The number of hydrogen-bond donors (Lipinski definition) is 0. The smallest absolute Gasteiger partial charge is 0.306 e. The fourth-order valence-electron chi connectivity index (χ4n) is 9.30. The number of hydrogen-bond acceptors (Lipinski definition) is 6. The molecule has 83 heavy (non-hydrogen) atoms. The van der Waals surface area contributed by atoms with Gasteiger partial charge in [0.25, 0.3) is 0 Å². The Hall–Kier alpha value is -4.71. The van der Waals surface area contributed by atoms with Crippen molar-refractivity contribution in [1.29, 1.82) is 0 Å². The van der Waals surface area contributed by atoms with Gasteiger partial charge in [-0.3, -0.25) is 14.4 Å². The molecular weight excluding hydrogens is 1020 g/mol. The molecule has 1 atom stereocenters. The van der Waals surface area contributed by atoms with E-state index in [-0.39, 0.29) is 31.1 Å². The molecule has 0 saturated carbocycles. The van der Waals surface area contributed by atoms with Crippen LogP contribution in [-0.2, 0) is 28.6 Å². The van der Waals surface area contributed by atoms with Crippen LogP contribution >= 0.6 is 0 Å². The van der Waals surface area contributed by atoms with Crippen molar-refractivity contribution in [2.45, 2.75) is 309 Å². The molecule has 0 rings (SSSR count). The van der Waals surface area contributed by atoms with Gasteiger partial charge in [-0.1, -0.05) is 295 Å². The molecule has 470 valence electrons. The van der Waals surface area contributed by atoms with Gasteiger partial charge < -0.3 is 14.2 Å². The highest BCUT2D eigenvalue weighted by Crippen LogP contribution is 2.16. The summed E-state index contributed by atoms with van der Waals surface area (Å²) in [7, 11) is 0. The summed E-state index contributed by atoms with van der Waals surface area (Å²) in [6, 6.07) is 0. The average Bonchev–Trinajstić information content (AvgIpc) is 3.49. The van der Waals surface area contributed by atoms with Crippen LogP contribution in [0, 0.1) is 0 Å². The van der Waals surface area contributed by atoms with Crippen molar-refractivity contribution in [1.82, 2.24) is 0 Å². The third kappa shape index (κ3) is 68.0. The molecule has 0 aromatic carbocycles. The zero-order valence-electron chi connectivity index (χ0n) is 53.9. The number of carbonyl (C=O) groups excluding carboxylic acids is 3. The second-order valence-corrected chi connectivity index (χ2v) is 22.3. The van der Waals surface area contributed by atoms with E-state index in [2.05, 4.69) is 167 Å². The molecule has 0 aromatic rings. The zero-order chi connectivity index (χ0) is 59.9. The Morgan fingerprint density at radius 2 is 0.434 bits per heavy atom. The largest absolute Gasteiger partial charge is 0.462 e. The molecule has 0 spiro atoms. The summed E-state index contributed by atoms with van der Waals surface area (Å²) in [5, 5.41) is 0. The second-order valence-electron chi connectivity index (χ2n) is 22.3. The molecule has 0 fully saturated rings. The minimum atomic E-state index is -0.802. The number of rotatable bonds is 61. The number of allylic oxidation sites excluding steroid dienone is 24. The van der Waals surface area contributed by atoms with Crippen LogP contribution in [0.25, 0.3) is 0 Å². The van der Waals surface area contributed by atoms with Crippen LogP contribution in [0.2, 0.25) is 0 Å². The van der Waals surface area contributed by atoms with Gasteiger partial charge in [-0.2, -0.15) is 0 Å². The lowest BCUT2D eigenvalue weighted by Gasteiger charge is -2.18. The van der Waals surface area contributed by atoms with Crippen LogP contribution in [0.5, 0.6) is 0 Å². The quantitative estimate of drug-likeness (QED) is 0.0261. The van der Waals surface area contributed by atoms with E-state index in [1.165, 1.54) is 109 Å². The van der Waals surface area contributed by atoms with Crippen molar-refractivity contribution < 1.29 is 28.6 Å². The molecule has 0 radical (unpaired) electrons. The van der Waals surface area contributed by atoms with Gasteiger partial charge in [0.1, 0.15) is 13.2 Å². The molecule has 6 nitrogen and oxygen atoms in total. The molecule has 0 aliphatic heterocycles. The fraction of sp³-hybridized carbons (Fsp3) is 0.649. The number of carbonyl (C=O) groups is 3. The molecule has 1 unspecified atom stereocenters. The lowest BCUT2D eigenvalue weighted by molar-refractivity contribution is -0.167. The first-order valence-electron chi connectivity index (χ1n) is 34.3. The molecule has 0 aromatic heterocycles. The maximum Gasteiger partial charge on any atom is 0.306 e. The highest BCUT2D eigenvalue weighted by atomic mass is 16.6. The molecule has 0 aliphatic rings. The van der Waals surface area contributed by atoms with E-state index in [4.69, 9.17) is 14.2 Å². The Morgan fingerprint density at radius 1 is 0.241 bits per heavy atom. The first-order chi connectivity index (χ1) is 41.0. The van der Waals surface area contributed by atoms with Crippen LogP contribution in [0.4, 0.5) is 0 Å². The van der Waals surface area contributed by atoms with Crippen molar-refractivity contribution in [3.8, 4) is 0 Å². The Kier molecular flexibility index (Phi) is 65.8. The van der Waals surface area contributed by atoms with Gasteiger partial charge in [-0.25, -0.2) is 0 Å². The van der Waals surface area contributed by atoms with E-state index in [9.17, 15) is 14.4 Å². The minimum absolute atomic E-state index is 0.0943. The normalized spacial score (nSPS) is 13.0. The number of ether oxygens (including phenoxy) is 3. The van der Waals surface area contributed by atoms with Gasteiger partial charge in [0.2, 0.25) is 0 Å². The minimum Gasteiger partial charge on any atom is -0.462 e. The monoisotopic (exact) mass is 1150 g/mol. The Morgan fingerprint density at radius 3 is 0.675 bits per heavy atom. The van der Waals surface area contributed by atoms with Gasteiger partial charge in [0.05, 0.1) is 0 Å². The topological polar surface area (TPSA) is 78.9 Å². The van der Waals surface area contributed by atoms with Crippen LogP contribution in [0.15, 0.2) is 146 Å². The molecule has 0 aliphatic carbocycles. The van der Waals surface area contributed by atoms with E-state index >= 15 is 0 Å². The maximum absolute atomic E-state index is 12.9. The first kappa shape index (κ1) is 78.3. The third-order valence-electron chi connectivity index (χ3n) is 14.3. The summed E-state index contributed by atoms with van der Waals surface area (Å²) >= 11 is 0. The lowest BCUT2D eigenvalue weighted by atomic mass is 10.0. The van der Waals surface area contributed by atoms with E-state index in [1.54, 1.807) is 0 Å². The SMILES string of the molecule is CC/C=C\C/C=C\C/C=C\C/C=C\C/C=C\CCCCCCCCCCCCCCCCCC(=O)OCC(COC(=O)CCCCCCCCC/C=C\C/C=C\C/C=C\CC)OC(=O)CCCCCC/C=C\C/C=C\C/C=C\C/C=C\CC. The van der Waals surface area contributed by atoms with Gasteiger partial charge in [-0.15, -0.1) is 0 Å². The van der Waals surface area contributed by atoms with E-state index in [0.717, 1.165) is 154 Å². The molecule has 0 amide bonds. The van der Waals surface area contributed by atoms with E-state index in [0.29, 0.717) is 19.3 Å². The average molecular weight is 1150 g/mol.